The van der Waals surface area contributed by atoms with Gasteiger partial charge in [0.25, 0.3) is 5.91 Å². The minimum absolute atomic E-state index is 0.0787. The zero-order chi connectivity index (χ0) is 19.9. The summed E-state index contributed by atoms with van der Waals surface area (Å²) in [7, 11) is 1.77. The van der Waals surface area contributed by atoms with Gasteiger partial charge in [-0.05, 0) is 61.0 Å². The molecule has 0 aliphatic carbocycles. The Labute approximate surface area is 164 Å². The van der Waals surface area contributed by atoms with Gasteiger partial charge in [0.1, 0.15) is 0 Å². The average molecular weight is 374 g/mol. The van der Waals surface area contributed by atoms with Gasteiger partial charge in [-0.1, -0.05) is 18.2 Å². The Bertz CT molecular complexity index is 928. The molecule has 0 bridgehead atoms. The molecule has 0 radical (unpaired) electrons. The molecule has 1 heterocycles. The number of para-hydroxylation sites is 1. The van der Waals surface area contributed by atoms with E-state index in [0.717, 1.165) is 5.56 Å². The van der Waals surface area contributed by atoms with Crippen molar-refractivity contribution < 1.29 is 9.59 Å². The number of urea groups is 1. The van der Waals surface area contributed by atoms with Crippen LogP contribution in [0.3, 0.4) is 0 Å². The molecule has 0 spiro atoms. The molecule has 6 nitrogen and oxygen atoms in total. The molecule has 28 heavy (non-hydrogen) atoms. The number of aromatic nitrogens is 1. The number of carbonyl (C=O) groups excluding carboxylic acids is 2. The minimum Gasteiger partial charge on any atom is -0.335 e. The van der Waals surface area contributed by atoms with E-state index in [2.05, 4.69) is 15.6 Å². The van der Waals surface area contributed by atoms with Crippen LogP contribution in [-0.2, 0) is 0 Å². The summed E-state index contributed by atoms with van der Waals surface area (Å²) in [5, 5.41) is 5.50. The Hall–Kier alpha value is -3.67. The standard InChI is InChI=1S/C22H22N4O2/c1-16(17-12-14-23-15-13-17)26(2)21(27)18-8-10-20(11-9-18)25-22(28)24-19-6-4-3-5-7-19/h3-16H,1-2H3,(H2,24,25,28). The summed E-state index contributed by atoms with van der Waals surface area (Å²) in [4.78, 5) is 30.5. The normalized spacial score (nSPS) is 11.4. The molecule has 0 fully saturated rings. The molecule has 3 amide bonds. The Kier molecular flexibility index (Phi) is 6.01. The van der Waals surface area contributed by atoms with Crippen LogP contribution in [0.25, 0.3) is 0 Å². The number of amides is 3. The summed E-state index contributed by atoms with van der Waals surface area (Å²) in [5.74, 6) is -0.0930. The third-order valence-corrected chi connectivity index (χ3v) is 4.51. The van der Waals surface area contributed by atoms with E-state index in [4.69, 9.17) is 0 Å². The summed E-state index contributed by atoms with van der Waals surface area (Å²) in [5.41, 5.74) is 2.88. The molecule has 0 aliphatic rings. The lowest BCUT2D eigenvalue weighted by molar-refractivity contribution is 0.0742. The predicted molar refractivity (Wildman–Crippen MR) is 110 cm³/mol. The van der Waals surface area contributed by atoms with E-state index in [1.54, 1.807) is 60.7 Å². The number of hydrogen-bond donors (Lipinski definition) is 2. The fraction of sp³-hybridized carbons (Fsp3) is 0.136. The molecule has 2 aromatic carbocycles. The molecule has 0 aliphatic heterocycles. The van der Waals surface area contributed by atoms with Crippen molar-refractivity contribution in [1.82, 2.24) is 9.88 Å². The number of pyridine rings is 1. The maximum absolute atomic E-state index is 12.7. The Morgan fingerprint density at radius 3 is 2.04 bits per heavy atom. The lowest BCUT2D eigenvalue weighted by atomic mass is 10.1. The van der Waals surface area contributed by atoms with Crippen LogP contribution in [0, 0.1) is 0 Å². The van der Waals surface area contributed by atoms with Gasteiger partial charge in [0, 0.05) is 36.4 Å². The summed E-state index contributed by atoms with van der Waals surface area (Å²) in [6.07, 6.45) is 3.43. The topological polar surface area (TPSA) is 74.3 Å². The highest BCUT2D eigenvalue weighted by Gasteiger charge is 2.18. The van der Waals surface area contributed by atoms with Crippen LogP contribution in [0.15, 0.2) is 79.1 Å². The van der Waals surface area contributed by atoms with Crippen molar-refractivity contribution in [2.45, 2.75) is 13.0 Å². The molecule has 142 valence electrons. The van der Waals surface area contributed by atoms with Gasteiger partial charge in [0.2, 0.25) is 0 Å². The highest BCUT2D eigenvalue weighted by molar-refractivity contribution is 6.00. The highest BCUT2D eigenvalue weighted by Crippen LogP contribution is 2.21. The quantitative estimate of drug-likeness (QED) is 0.687. The third kappa shape index (κ3) is 4.73. The fourth-order valence-corrected chi connectivity index (χ4v) is 2.76. The third-order valence-electron chi connectivity index (χ3n) is 4.51. The summed E-state index contributed by atoms with van der Waals surface area (Å²) >= 11 is 0. The first-order valence-electron chi connectivity index (χ1n) is 8.95. The second-order valence-electron chi connectivity index (χ2n) is 6.40. The van der Waals surface area contributed by atoms with Crippen molar-refractivity contribution in [3.8, 4) is 0 Å². The first-order valence-corrected chi connectivity index (χ1v) is 8.95. The van der Waals surface area contributed by atoms with Crippen molar-refractivity contribution in [2.75, 3.05) is 17.7 Å². The molecular weight excluding hydrogens is 352 g/mol. The molecule has 6 heteroatoms. The number of hydrogen-bond acceptors (Lipinski definition) is 3. The van der Waals surface area contributed by atoms with Crippen LogP contribution >= 0.6 is 0 Å². The van der Waals surface area contributed by atoms with Crippen LogP contribution in [0.2, 0.25) is 0 Å². The molecule has 1 unspecified atom stereocenters. The van der Waals surface area contributed by atoms with E-state index < -0.39 is 0 Å². The molecule has 0 saturated heterocycles. The minimum atomic E-state index is -0.339. The smallest absolute Gasteiger partial charge is 0.323 e. The van der Waals surface area contributed by atoms with Gasteiger partial charge in [-0.2, -0.15) is 0 Å². The van der Waals surface area contributed by atoms with Crippen LogP contribution in [0.5, 0.6) is 0 Å². The van der Waals surface area contributed by atoms with E-state index in [9.17, 15) is 9.59 Å². The number of rotatable bonds is 5. The highest BCUT2D eigenvalue weighted by atomic mass is 16.2. The van der Waals surface area contributed by atoms with Gasteiger partial charge in [-0.15, -0.1) is 0 Å². The van der Waals surface area contributed by atoms with Gasteiger partial charge in [0.05, 0.1) is 6.04 Å². The monoisotopic (exact) mass is 374 g/mol. The number of carbonyl (C=O) groups is 2. The van der Waals surface area contributed by atoms with Crippen LogP contribution in [0.4, 0.5) is 16.2 Å². The number of nitrogens with zero attached hydrogens (tertiary/aromatic N) is 2. The van der Waals surface area contributed by atoms with Gasteiger partial charge in [0.15, 0.2) is 0 Å². The summed E-state index contributed by atoms with van der Waals surface area (Å²) in [6.45, 7) is 1.97. The van der Waals surface area contributed by atoms with Crippen molar-refractivity contribution >= 4 is 23.3 Å². The molecule has 3 aromatic rings. The SMILES string of the molecule is CC(c1ccncc1)N(C)C(=O)c1ccc(NC(=O)Nc2ccccc2)cc1. The second kappa shape index (κ2) is 8.81. The summed E-state index contributed by atoms with van der Waals surface area (Å²) < 4.78 is 0. The van der Waals surface area contributed by atoms with Crippen molar-refractivity contribution in [3.05, 3.63) is 90.3 Å². The van der Waals surface area contributed by atoms with Gasteiger partial charge < -0.3 is 15.5 Å². The lowest BCUT2D eigenvalue weighted by Crippen LogP contribution is -2.29. The molecule has 3 rings (SSSR count). The lowest BCUT2D eigenvalue weighted by Gasteiger charge is -2.25. The second-order valence-corrected chi connectivity index (χ2v) is 6.40. The molecule has 1 atom stereocenters. The Balaban J connectivity index is 1.61. The van der Waals surface area contributed by atoms with E-state index in [-0.39, 0.29) is 18.0 Å². The number of benzene rings is 2. The van der Waals surface area contributed by atoms with Crippen molar-refractivity contribution in [1.29, 1.82) is 0 Å². The van der Waals surface area contributed by atoms with Crippen molar-refractivity contribution in [3.63, 3.8) is 0 Å². The maximum atomic E-state index is 12.7. The van der Waals surface area contributed by atoms with Crippen LogP contribution < -0.4 is 10.6 Å². The number of anilines is 2. The fourth-order valence-electron chi connectivity index (χ4n) is 2.76. The van der Waals surface area contributed by atoms with Gasteiger partial charge in [-0.3, -0.25) is 9.78 Å². The number of nitrogens with one attached hydrogen (secondary N) is 2. The molecular formula is C22H22N4O2. The Morgan fingerprint density at radius 1 is 0.857 bits per heavy atom. The largest absolute Gasteiger partial charge is 0.335 e. The van der Waals surface area contributed by atoms with E-state index in [1.165, 1.54) is 0 Å². The summed E-state index contributed by atoms with van der Waals surface area (Å²) in [6, 6.07) is 19.4. The molecule has 0 saturated carbocycles. The first-order chi connectivity index (χ1) is 13.5. The van der Waals surface area contributed by atoms with E-state index in [0.29, 0.717) is 16.9 Å². The van der Waals surface area contributed by atoms with Gasteiger partial charge >= 0.3 is 6.03 Å². The zero-order valence-corrected chi connectivity index (χ0v) is 15.8. The van der Waals surface area contributed by atoms with E-state index >= 15 is 0 Å². The van der Waals surface area contributed by atoms with Crippen molar-refractivity contribution in [2.24, 2.45) is 0 Å². The predicted octanol–water partition coefficient (Wildman–Crippen LogP) is 4.56. The molecule has 1 aromatic heterocycles. The van der Waals surface area contributed by atoms with E-state index in [1.807, 2.05) is 37.3 Å². The van der Waals surface area contributed by atoms with Gasteiger partial charge in [-0.25, -0.2) is 4.79 Å². The molecule has 2 N–H and O–H groups in total. The Morgan fingerprint density at radius 2 is 1.43 bits per heavy atom. The van der Waals surface area contributed by atoms with Crippen LogP contribution in [-0.4, -0.2) is 28.9 Å². The first kappa shape index (κ1) is 19.1. The van der Waals surface area contributed by atoms with Crippen LogP contribution in [0.1, 0.15) is 28.9 Å². The average Bonchev–Trinajstić information content (AvgIpc) is 2.74. The maximum Gasteiger partial charge on any atom is 0.323 e. The zero-order valence-electron chi connectivity index (χ0n) is 15.8.